The molecule has 0 saturated heterocycles. The Balaban J connectivity index is 2.15. The molecule has 0 aliphatic rings. The number of hydrogen-bond acceptors (Lipinski definition) is 3. The van der Waals surface area contributed by atoms with E-state index in [0.717, 1.165) is 30.1 Å². The molecule has 0 aliphatic heterocycles. The Labute approximate surface area is 123 Å². The summed E-state index contributed by atoms with van der Waals surface area (Å²) < 4.78 is 0. The quantitative estimate of drug-likeness (QED) is 0.855. The molecule has 0 amide bonds. The summed E-state index contributed by atoms with van der Waals surface area (Å²) in [6.45, 7) is 5.22. The van der Waals surface area contributed by atoms with E-state index < -0.39 is 0 Å². The van der Waals surface area contributed by atoms with Crippen molar-refractivity contribution in [2.24, 2.45) is 0 Å². The lowest BCUT2D eigenvalue weighted by Gasteiger charge is -2.17. The molecule has 1 aromatic carbocycles. The predicted octanol–water partition coefficient (Wildman–Crippen LogP) is 4.39. The first-order valence-corrected chi connectivity index (χ1v) is 7.89. The predicted molar refractivity (Wildman–Crippen MR) is 83.0 cm³/mol. The zero-order valence-electron chi connectivity index (χ0n) is 11.3. The maximum Gasteiger partial charge on any atom is 0.0795 e. The summed E-state index contributed by atoms with van der Waals surface area (Å²) in [7, 11) is 0. The molecule has 0 fully saturated rings. The SMILES string of the molecule is CCCNC(Cc1ccc(C)cc1Cl)c1cscn1. The standard InChI is InChI=1S/C15H19ClN2S/c1-3-6-17-14(15-9-19-10-18-15)8-12-5-4-11(2)7-13(12)16/h4-5,7,9-10,14,17H,3,6,8H2,1-2H3. The molecule has 2 aromatic rings. The number of thiazole rings is 1. The molecule has 4 heteroatoms. The van der Waals surface area contributed by atoms with Gasteiger partial charge in [0.25, 0.3) is 0 Å². The Morgan fingerprint density at radius 1 is 1.42 bits per heavy atom. The van der Waals surface area contributed by atoms with E-state index in [9.17, 15) is 0 Å². The molecular weight excluding hydrogens is 276 g/mol. The van der Waals surface area contributed by atoms with Crippen LogP contribution in [0.5, 0.6) is 0 Å². The van der Waals surface area contributed by atoms with E-state index in [1.165, 1.54) is 11.1 Å². The lowest BCUT2D eigenvalue weighted by atomic mass is 10.0. The number of rotatable bonds is 6. The minimum absolute atomic E-state index is 0.242. The zero-order chi connectivity index (χ0) is 13.7. The molecule has 1 heterocycles. The second-order valence-corrected chi connectivity index (χ2v) is 5.84. The minimum atomic E-state index is 0.242. The van der Waals surface area contributed by atoms with Gasteiger partial charge in [-0.3, -0.25) is 0 Å². The molecule has 0 radical (unpaired) electrons. The van der Waals surface area contributed by atoms with Crippen LogP contribution in [-0.2, 0) is 6.42 Å². The number of aromatic nitrogens is 1. The van der Waals surface area contributed by atoms with Gasteiger partial charge in [-0.15, -0.1) is 11.3 Å². The van der Waals surface area contributed by atoms with Gasteiger partial charge >= 0.3 is 0 Å². The second-order valence-electron chi connectivity index (χ2n) is 4.72. The largest absolute Gasteiger partial charge is 0.308 e. The Kier molecular flexibility index (Phi) is 5.37. The first-order chi connectivity index (χ1) is 9.20. The van der Waals surface area contributed by atoms with Crippen LogP contribution in [0.25, 0.3) is 0 Å². The van der Waals surface area contributed by atoms with Gasteiger partial charge in [-0.05, 0) is 43.5 Å². The third-order valence-corrected chi connectivity index (χ3v) is 4.04. The lowest BCUT2D eigenvalue weighted by Crippen LogP contribution is -2.24. The fourth-order valence-electron chi connectivity index (χ4n) is 2.03. The van der Waals surface area contributed by atoms with Crippen LogP contribution in [0, 0.1) is 6.92 Å². The van der Waals surface area contributed by atoms with Crippen molar-refractivity contribution < 1.29 is 0 Å². The van der Waals surface area contributed by atoms with Crippen molar-refractivity contribution in [1.82, 2.24) is 10.3 Å². The van der Waals surface area contributed by atoms with Crippen molar-refractivity contribution >= 4 is 22.9 Å². The summed E-state index contributed by atoms with van der Waals surface area (Å²) in [5.41, 5.74) is 5.36. The molecule has 0 aliphatic carbocycles. The fourth-order valence-corrected chi connectivity index (χ4v) is 2.95. The van der Waals surface area contributed by atoms with Crippen molar-refractivity contribution in [2.45, 2.75) is 32.7 Å². The first-order valence-electron chi connectivity index (χ1n) is 6.57. The number of hydrogen-bond donors (Lipinski definition) is 1. The van der Waals surface area contributed by atoms with Gasteiger partial charge < -0.3 is 5.32 Å². The summed E-state index contributed by atoms with van der Waals surface area (Å²) in [5.74, 6) is 0. The molecule has 1 atom stereocenters. The van der Waals surface area contributed by atoms with Crippen LogP contribution in [0.3, 0.4) is 0 Å². The van der Waals surface area contributed by atoms with E-state index >= 15 is 0 Å². The second kappa shape index (κ2) is 7.04. The number of aryl methyl sites for hydroxylation is 1. The average molecular weight is 295 g/mol. The molecule has 1 aromatic heterocycles. The van der Waals surface area contributed by atoms with Crippen LogP contribution < -0.4 is 5.32 Å². The zero-order valence-corrected chi connectivity index (χ0v) is 12.9. The highest BCUT2D eigenvalue weighted by molar-refractivity contribution is 7.07. The number of halogens is 1. The van der Waals surface area contributed by atoms with Gasteiger partial charge in [0.15, 0.2) is 0 Å². The highest BCUT2D eigenvalue weighted by atomic mass is 35.5. The van der Waals surface area contributed by atoms with Crippen molar-refractivity contribution in [3.05, 3.63) is 50.9 Å². The van der Waals surface area contributed by atoms with Crippen molar-refractivity contribution in [3.63, 3.8) is 0 Å². The maximum atomic E-state index is 6.32. The molecule has 19 heavy (non-hydrogen) atoms. The number of nitrogens with zero attached hydrogens (tertiary/aromatic N) is 1. The van der Waals surface area contributed by atoms with E-state index in [-0.39, 0.29) is 6.04 Å². The van der Waals surface area contributed by atoms with Gasteiger partial charge in [-0.1, -0.05) is 30.7 Å². The van der Waals surface area contributed by atoms with Gasteiger partial charge in [-0.2, -0.15) is 0 Å². The summed E-state index contributed by atoms with van der Waals surface area (Å²) >= 11 is 7.96. The van der Waals surface area contributed by atoms with Gasteiger partial charge in [0.2, 0.25) is 0 Å². The normalized spacial score (nSPS) is 12.6. The highest BCUT2D eigenvalue weighted by Gasteiger charge is 2.15. The van der Waals surface area contributed by atoms with E-state index in [1.54, 1.807) is 11.3 Å². The Hall–Kier alpha value is -0.900. The van der Waals surface area contributed by atoms with E-state index in [0.29, 0.717) is 0 Å². The van der Waals surface area contributed by atoms with Crippen LogP contribution in [0.15, 0.2) is 29.1 Å². The van der Waals surface area contributed by atoms with E-state index in [2.05, 4.69) is 41.7 Å². The summed E-state index contributed by atoms with van der Waals surface area (Å²) in [4.78, 5) is 4.43. The van der Waals surface area contributed by atoms with Gasteiger partial charge in [0.05, 0.1) is 17.2 Å². The Morgan fingerprint density at radius 3 is 2.89 bits per heavy atom. The minimum Gasteiger partial charge on any atom is -0.308 e. The monoisotopic (exact) mass is 294 g/mol. The smallest absolute Gasteiger partial charge is 0.0795 e. The average Bonchev–Trinajstić information content (AvgIpc) is 2.90. The van der Waals surface area contributed by atoms with Gasteiger partial charge in [0, 0.05) is 10.4 Å². The molecule has 2 nitrogen and oxygen atoms in total. The van der Waals surface area contributed by atoms with Crippen LogP contribution in [-0.4, -0.2) is 11.5 Å². The molecule has 0 saturated carbocycles. The molecule has 0 spiro atoms. The fraction of sp³-hybridized carbons (Fsp3) is 0.400. The molecular formula is C15H19ClN2S. The van der Waals surface area contributed by atoms with Crippen LogP contribution >= 0.6 is 22.9 Å². The molecule has 1 N–H and O–H groups in total. The van der Waals surface area contributed by atoms with Crippen LogP contribution in [0.2, 0.25) is 5.02 Å². The lowest BCUT2D eigenvalue weighted by molar-refractivity contribution is 0.520. The molecule has 2 rings (SSSR count). The van der Waals surface area contributed by atoms with E-state index in [1.807, 2.05) is 11.6 Å². The summed E-state index contributed by atoms with van der Waals surface area (Å²) in [6, 6.07) is 6.49. The third-order valence-electron chi connectivity index (χ3n) is 3.08. The summed E-state index contributed by atoms with van der Waals surface area (Å²) in [6.07, 6.45) is 1.99. The molecule has 0 bridgehead atoms. The molecule has 1 unspecified atom stereocenters. The maximum absolute atomic E-state index is 6.32. The van der Waals surface area contributed by atoms with Crippen molar-refractivity contribution in [2.75, 3.05) is 6.54 Å². The van der Waals surface area contributed by atoms with Crippen LogP contribution in [0.1, 0.15) is 36.2 Å². The first kappa shape index (κ1) is 14.5. The third kappa shape index (κ3) is 4.03. The Morgan fingerprint density at radius 2 is 2.26 bits per heavy atom. The number of nitrogens with one attached hydrogen (secondary N) is 1. The number of benzene rings is 1. The van der Waals surface area contributed by atoms with Gasteiger partial charge in [-0.25, -0.2) is 4.98 Å². The topological polar surface area (TPSA) is 24.9 Å². The van der Waals surface area contributed by atoms with Gasteiger partial charge in [0.1, 0.15) is 0 Å². The molecule has 102 valence electrons. The van der Waals surface area contributed by atoms with Crippen molar-refractivity contribution in [3.8, 4) is 0 Å². The highest BCUT2D eigenvalue weighted by Crippen LogP contribution is 2.24. The van der Waals surface area contributed by atoms with Crippen molar-refractivity contribution in [1.29, 1.82) is 0 Å². The van der Waals surface area contributed by atoms with Crippen LogP contribution in [0.4, 0.5) is 0 Å². The summed E-state index contributed by atoms with van der Waals surface area (Å²) in [5, 5.41) is 6.50. The Bertz CT molecular complexity index is 511. The van der Waals surface area contributed by atoms with E-state index in [4.69, 9.17) is 11.6 Å².